The summed E-state index contributed by atoms with van der Waals surface area (Å²) >= 11 is 11.6. The van der Waals surface area contributed by atoms with Crippen molar-refractivity contribution in [1.29, 1.82) is 0 Å². The van der Waals surface area contributed by atoms with Crippen LogP contribution in [0.2, 0.25) is 10.0 Å². The predicted molar refractivity (Wildman–Crippen MR) is 138 cm³/mol. The molecule has 1 aliphatic heterocycles. The number of rotatable bonds is 9. The molecular weight excluding hydrogens is 453 g/mol. The van der Waals surface area contributed by atoms with Crippen LogP contribution < -0.4 is 0 Å². The molecule has 2 fully saturated rings. The number of carbonyl (C=O) groups excluding carboxylic acids is 1. The van der Waals surface area contributed by atoms with Crippen LogP contribution >= 0.6 is 23.2 Å². The standard InChI is InChI=1S/C22H30ClNO2.C6H5Cl/c1-3-5-18-10-13-21(17-8-11-19(23)12-9-17)24(22(18)25)20(4-2)15-26-14-16-6-7-16;7-6-4-2-1-3-5-6/h3,8-9,11-12,16,18,20-21H,1,4-7,10,13-15H2,2H3;1-5H. The van der Waals surface area contributed by atoms with E-state index in [-0.39, 0.29) is 23.9 Å². The van der Waals surface area contributed by atoms with Crippen LogP contribution in [0.1, 0.15) is 57.1 Å². The van der Waals surface area contributed by atoms with Gasteiger partial charge in [0.2, 0.25) is 5.91 Å². The number of nitrogens with zero attached hydrogens (tertiary/aromatic N) is 1. The lowest BCUT2D eigenvalue weighted by molar-refractivity contribution is -0.147. The number of hydrogen-bond acceptors (Lipinski definition) is 2. The van der Waals surface area contributed by atoms with E-state index in [0.29, 0.717) is 6.61 Å². The Morgan fingerprint density at radius 3 is 2.24 bits per heavy atom. The SMILES string of the molecule is C=CCC1CCC(c2ccc(Cl)cc2)N(C(CC)COCC2CC2)C1=O.Clc1ccccc1. The van der Waals surface area contributed by atoms with Gasteiger partial charge in [0.05, 0.1) is 18.7 Å². The molecule has 1 saturated carbocycles. The third-order valence-corrected chi connectivity index (χ3v) is 6.90. The maximum absolute atomic E-state index is 13.3. The van der Waals surface area contributed by atoms with Gasteiger partial charge in [0, 0.05) is 22.6 Å². The number of allylic oxidation sites excluding steroid dienone is 1. The van der Waals surface area contributed by atoms with Gasteiger partial charge in [-0.3, -0.25) is 4.79 Å². The fraction of sp³-hybridized carbons (Fsp3) is 0.464. The molecule has 3 nitrogen and oxygen atoms in total. The molecule has 3 unspecified atom stereocenters. The summed E-state index contributed by atoms with van der Waals surface area (Å²) in [6, 6.07) is 17.6. The highest BCUT2D eigenvalue weighted by molar-refractivity contribution is 6.30. The van der Waals surface area contributed by atoms with E-state index in [1.165, 1.54) is 18.4 Å². The number of halogens is 2. The largest absolute Gasteiger partial charge is 0.379 e. The van der Waals surface area contributed by atoms with Crippen molar-refractivity contribution in [2.24, 2.45) is 11.8 Å². The van der Waals surface area contributed by atoms with Crippen LogP contribution in [0, 0.1) is 11.8 Å². The molecule has 1 heterocycles. The summed E-state index contributed by atoms with van der Waals surface area (Å²) in [6.07, 6.45) is 7.98. The maximum Gasteiger partial charge on any atom is 0.226 e. The van der Waals surface area contributed by atoms with Crippen molar-refractivity contribution in [2.45, 2.75) is 57.5 Å². The van der Waals surface area contributed by atoms with E-state index >= 15 is 0 Å². The average Bonchev–Trinajstić information content (AvgIpc) is 3.65. The van der Waals surface area contributed by atoms with Crippen LogP contribution in [-0.4, -0.2) is 30.1 Å². The number of benzene rings is 2. The molecule has 4 rings (SSSR count). The van der Waals surface area contributed by atoms with Gasteiger partial charge in [-0.2, -0.15) is 0 Å². The summed E-state index contributed by atoms with van der Waals surface area (Å²) in [5.74, 6) is 1.04. The minimum atomic E-state index is 0.0496. The lowest BCUT2D eigenvalue weighted by atomic mass is 9.85. The summed E-state index contributed by atoms with van der Waals surface area (Å²) in [4.78, 5) is 15.4. The molecule has 5 heteroatoms. The smallest absolute Gasteiger partial charge is 0.226 e. The Labute approximate surface area is 208 Å². The fourth-order valence-corrected chi connectivity index (χ4v) is 4.59. The number of carbonyl (C=O) groups is 1. The van der Waals surface area contributed by atoms with Crippen molar-refractivity contribution >= 4 is 29.1 Å². The summed E-state index contributed by atoms with van der Waals surface area (Å²) in [6.45, 7) is 7.44. The molecule has 2 aromatic rings. The van der Waals surface area contributed by atoms with Crippen molar-refractivity contribution in [3.8, 4) is 0 Å². The quantitative estimate of drug-likeness (QED) is 0.338. The van der Waals surface area contributed by atoms with Gasteiger partial charge in [0.1, 0.15) is 0 Å². The topological polar surface area (TPSA) is 29.5 Å². The first-order valence-electron chi connectivity index (χ1n) is 12.0. The van der Waals surface area contributed by atoms with E-state index in [9.17, 15) is 4.79 Å². The van der Waals surface area contributed by atoms with Gasteiger partial charge in [0.15, 0.2) is 0 Å². The van der Waals surface area contributed by atoms with Crippen LogP contribution in [0.15, 0.2) is 67.3 Å². The van der Waals surface area contributed by atoms with E-state index in [2.05, 4.69) is 30.5 Å². The zero-order chi connectivity index (χ0) is 23.6. The predicted octanol–water partition coefficient (Wildman–Crippen LogP) is 7.74. The first-order valence-corrected chi connectivity index (χ1v) is 12.8. The molecule has 1 saturated heterocycles. The maximum atomic E-state index is 13.3. The Hall–Kier alpha value is -1.81. The summed E-state index contributed by atoms with van der Waals surface area (Å²) < 4.78 is 5.98. The van der Waals surface area contributed by atoms with Gasteiger partial charge in [-0.15, -0.1) is 6.58 Å². The van der Waals surface area contributed by atoms with Crippen LogP contribution in [0.3, 0.4) is 0 Å². The second-order valence-corrected chi connectivity index (χ2v) is 9.82. The molecule has 1 aliphatic carbocycles. The number of piperidine rings is 1. The molecule has 0 radical (unpaired) electrons. The summed E-state index contributed by atoms with van der Waals surface area (Å²) in [5, 5.41) is 1.52. The molecule has 0 spiro atoms. The Bertz CT molecular complexity index is 867. The third-order valence-electron chi connectivity index (χ3n) is 6.39. The summed E-state index contributed by atoms with van der Waals surface area (Å²) in [5.41, 5.74) is 1.17. The first kappa shape index (κ1) is 25.8. The molecule has 33 heavy (non-hydrogen) atoms. The number of likely N-dealkylation sites (tertiary alicyclic amines) is 1. The second-order valence-electron chi connectivity index (χ2n) is 8.95. The van der Waals surface area contributed by atoms with Crippen molar-refractivity contribution < 1.29 is 9.53 Å². The molecular formula is C28H35Cl2NO2. The minimum Gasteiger partial charge on any atom is -0.379 e. The highest BCUT2D eigenvalue weighted by atomic mass is 35.5. The van der Waals surface area contributed by atoms with Crippen molar-refractivity contribution in [3.63, 3.8) is 0 Å². The van der Waals surface area contributed by atoms with E-state index in [1.54, 1.807) is 0 Å². The highest BCUT2D eigenvalue weighted by Crippen LogP contribution is 2.38. The number of amides is 1. The normalized spacial score (nSPS) is 21.2. The lowest BCUT2D eigenvalue weighted by Crippen LogP contribution is -2.50. The van der Waals surface area contributed by atoms with Gasteiger partial charge < -0.3 is 9.64 Å². The molecule has 2 aromatic carbocycles. The Morgan fingerprint density at radius 1 is 1.03 bits per heavy atom. The van der Waals surface area contributed by atoms with E-state index in [4.69, 9.17) is 27.9 Å². The van der Waals surface area contributed by atoms with Gasteiger partial charge >= 0.3 is 0 Å². The monoisotopic (exact) mass is 487 g/mol. The van der Waals surface area contributed by atoms with Gasteiger partial charge in [-0.25, -0.2) is 0 Å². The molecule has 2 aliphatic rings. The molecule has 0 N–H and O–H groups in total. The average molecular weight is 488 g/mol. The summed E-state index contributed by atoms with van der Waals surface area (Å²) in [7, 11) is 0. The van der Waals surface area contributed by atoms with E-state index < -0.39 is 0 Å². The molecule has 1 amide bonds. The third kappa shape index (κ3) is 7.88. The number of ether oxygens (including phenoxy) is 1. The minimum absolute atomic E-state index is 0.0496. The van der Waals surface area contributed by atoms with E-state index in [1.807, 2.05) is 48.5 Å². The number of hydrogen-bond donors (Lipinski definition) is 0. The molecule has 3 atom stereocenters. The van der Waals surface area contributed by atoms with Crippen LogP contribution in [0.5, 0.6) is 0 Å². The Balaban J connectivity index is 0.000000374. The fourth-order valence-electron chi connectivity index (χ4n) is 4.32. The molecule has 0 aromatic heterocycles. The lowest BCUT2D eigenvalue weighted by Gasteiger charge is -2.44. The Kier molecular flexibility index (Phi) is 10.3. The van der Waals surface area contributed by atoms with Crippen LogP contribution in [0.4, 0.5) is 0 Å². The Morgan fingerprint density at radius 2 is 1.70 bits per heavy atom. The zero-order valence-electron chi connectivity index (χ0n) is 19.5. The van der Waals surface area contributed by atoms with Crippen molar-refractivity contribution in [1.82, 2.24) is 4.90 Å². The molecule has 0 bridgehead atoms. The molecule has 178 valence electrons. The van der Waals surface area contributed by atoms with Crippen molar-refractivity contribution in [2.75, 3.05) is 13.2 Å². The van der Waals surface area contributed by atoms with Gasteiger partial charge in [-0.1, -0.05) is 66.5 Å². The van der Waals surface area contributed by atoms with Crippen LogP contribution in [-0.2, 0) is 9.53 Å². The van der Waals surface area contributed by atoms with Gasteiger partial charge in [-0.05, 0) is 74.3 Å². The first-order chi connectivity index (χ1) is 16.0. The van der Waals surface area contributed by atoms with E-state index in [0.717, 1.165) is 48.3 Å². The zero-order valence-corrected chi connectivity index (χ0v) is 21.0. The van der Waals surface area contributed by atoms with Crippen LogP contribution in [0.25, 0.3) is 0 Å². The second kappa shape index (κ2) is 13.2. The highest BCUT2D eigenvalue weighted by Gasteiger charge is 2.39. The van der Waals surface area contributed by atoms with Crippen molar-refractivity contribution in [3.05, 3.63) is 82.9 Å². The van der Waals surface area contributed by atoms with Gasteiger partial charge in [0.25, 0.3) is 0 Å².